The first-order chi connectivity index (χ1) is 34.0. The van der Waals surface area contributed by atoms with Crippen LogP contribution in [0, 0.1) is 0 Å². The average Bonchev–Trinajstić information content (AvgIpc) is 3.74. The van der Waals surface area contributed by atoms with Gasteiger partial charge in [0.25, 0.3) is 0 Å². The summed E-state index contributed by atoms with van der Waals surface area (Å²) >= 11 is 0. The zero-order valence-electron chi connectivity index (χ0n) is 38.8. The topological polar surface area (TPSA) is 456 Å². The van der Waals surface area contributed by atoms with Crippen molar-refractivity contribution < 1.29 is 83.1 Å². The average molecular weight is 1010 g/mol. The molecule has 72 heavy (non-hydrogen) atoms. The largest absolute Gasteiger partial charge is 0.508 e. The van der Waals surface area contributed by atoms with Crippen LogP contribution < -0.4 is 53.6 Å². The maximum atomic E-state index is 13.6. The van der Waals surface area contributed by atoms with Gasteiger partial charge < -0.3 is 84.1 Å². The molecule has 0 aliphatic carbocycles. The van der Waals surface area contributed by atoms with Crippen molar-refractivity contribution in [2.45, 2.75) is 88.2 Å². The van der Waals surface area contributed by atoms with Crippen LogP contribution in [0.15, 0.2) is 54.7 Å². The lowest BCUT2D eigenvalue weighted by molar-refractivity contribution is -0.143. The van der Waals surface area contributed by atoms with E-state index in [9.17, 15) is 78.0 Å². The number of aliphatic carboxylic acids is 3. The fourth-order valence-electron chi connectivity index (χ4n) is 6.49. The third-order valence-electron chi connectivity index (χ3n) is 10.4. The molecule has 0 saturated carbocycles. The first-order valence-corrected chi connectivity index (χ1v) is 22.0. The number of aliphatic hydroxyl groups excluding tert-OH is 1. The van der Waals surface area contributed by atoms with Gasteiger partial charge in [-0.2, -0.15) is 0 Å². The van der Waals surface area contributed by atoms with E-state index in [-0.39, 0.29) is 18.6 Å². The smallest absolute Gasteiger partial charge is 0.326 e. The fraction of sp³-hybridized carbons (Fsp3) is 0.409. The fourth-order valence-corrected chi connectivity index (χ4v) is 6.49. The van der Waals surface area contributed by atoms with Crippen LogP contribution in [0.1, 0.15) is 44.2 Å². The van der Waals surface area contributed by atoms with E-state index < -0.39 is 159 Å². The van der Waals surface area contributed by atoms with Gasteiger partial charge in [0.05, 0.1) is 38.7 Å². The van der Waals surface area contributed by atoms with Gasteiger partial charge in [-0.3, -0.25) is 52.7 Å². The molecule has 3 rings (SSSR count). The number of nitrogens with one attached hydrogen (secondary N) is 10. The first kappa shape index (κ1) is 57.7. The highest BCUT2D eigenvalue weighted by Crippen LogP contribution is 2.19. The normalized spacial score (nSPS) is 13.7. The van der Waals surface area contributed by atoms with Gasteiger partial charge >= 0.3 is 17.9 Å². The van der Waals surface area contributed by atoms with Crippen molar-refractivity contribution in [1.82, 2.24) is 52.8 Å². The van der Waals surface area contributed by atoms with Crippen LogP contribution in [0.3, 0.4) is 0 Å². The van der Waals surface area contributed by atoms with Crippen LogP contribution in [0.2, 0.25) is 0 Å². The molecule has 0 saturated heterocycles. The maximum absolute atomic E-state index is 13.6. The number of nitrogens with two attached hydrogens (primary N) is 1. The van der Waals surface area contributed by atoms with Crippen molar-refractivity contribution in [3.8, 4) is 5.75 Å². The van der Waals surface area contributed by atoms with E-state index in [1.165, 1.54) is 19.1 Å². The maximum Gasteiger partial charge on any atom is 0.326 e. The molecule has 28 heteroatoms. The predicted molar refractivity (Wildman–Crippen MR) is 248 cm³/mol. The van der Waals surface area contributed by atoms with Crippen molar-refractivity contribution in [1.29, 1.82) is 0 Å². The van der Waals surface area contributed by atoms with E-state index in [2.05, 4.69) is 42.2 Å². The Kier molecular flexibility index (Phi) is 22.5. The molecule has 1 heterocycles. The lowest BCUT2D eigenvalue weighted by Gasteiger charge is -2.23. The zero-order chi connectivity index (χ0) is 53.7. The summed E-state index contributed by atoms with van der Waals surface area (Å²) in [6.07, 6.45) is -0.338. The summed E-state index contributed by atoms with van der Waals surface area (Å²) in [6, 6.07) is 2.98. The number of carboxylic acids is 3. The second-order valence-electron chi connectivity index (χ2n) is 16.1. The highest BCUT2D eigenvalue weighted by molar-refractivity contribution is 5.98. The molecule has 0 aliphatic rings. The van der Waals surface area contributed by atoms with Crippen LogP contribution in [0.5, 0.6) is 5.75 Å². The van der Waals surface area contributed by atoms with Crippen molar-refractivity contribution >= 4 is 82.0 Å². The number of phenolic OH excluding ortho intramolecular Hbond substituents is 1. The molecule has 0 unspecified atom stereocenters. The highest BCUT2D eigenvalue weighted by Gasteiger charge is 2.31. The van der Waals surface area contributed by atoms with Gasteiger partial charge in [-0.25, -0.2) is 4.79 Å². The Hall–Kier alpha value is -8.66. The number of fused-ring (bicyclic) bond motifs is 1. The lowest BCUT2D eigenvalue weighted by atomic mass is 10.0. The zero-order valence-corrected chi connectivity index (χ0v) is 38.8. The Labute approximate surface area is 409 Å². The minimum atomic E-state index is -1.83. The number of aromatic hydroxyl groups is 1. The van der Waals surface area contributed by atoms with Gasteiger partial charge in [-0.1, -0.05) is 30.3 Å². The number of benzene rings is 2. The third kappa shape index (κ3) is 19.4. The number of para-hydroxylation sites is 1. The molecule has 28 nitrogen and oxygen atoms in total. The van der Waals surface area contributed by atoms with Crippen molar-refractivity contribution in [3.05, 3.63) is 65.9 Å². The number of aromatic amines is 1. The molecular weight excluding hydrogens is 955 g/mol. The lowest BCUT2D eigenvalue weighted by Crippen LogP contribution is -2.58. The van der Waals surface area contributed by atoms with Crippen LogP contribution in [-0.4, -0.2) is 170 Å². The molecule has 390 valence electrons. The number of hydrogen-bond donors (Lipinski definition) is 16. The van der Waals surface area contributed by atoms with Crippen molar-refractivity contribution in [2.75, 3.05) is 26.2 Å². The summed E-state index contributed by atoms with van der Waals surface area (Å²) in [5.74, 6) is -13.2. The molecule has 3 aromatic rings. The Balaban J connectivity index is 1.50. The highest BCUT2D eigenvalue weighted by atomic mass is 16.4. The summed E-state index contributed by atoms with van der Waals surface area (Å²) in [7, 11) is 0. The van der Waals surface area contributed by atoms with Gasteiger partial charge in [-0.05, 0) is 56.0 Å². The number of amides is 9. The van der Waals surface area contributed by atoms with Gasteiger partial charge in [0.1, 0.15) is 42.0 Å². The number of aliphatic hydroxyl groups is 1. The summed E-state index contributed by atoms with van der Waals surface area (Å²) in [5.41, 5.74) is 8.24. The Morgan fingerprint density at radius 3 is 1.74 bits per heavy atom. The second-order valence-corrected chi connectivity index (χ2v) is 16.1. The Morgan fingerprint density at radius 2 is 1.12 bits per heavy atom. The summed E-state index contributed by atoms with van der Waals surface area (Å²) in [5, 5.41) is 67.2. The standard InChI is InChI=1S/C44H57N11O17/c1-21(50-42(69)30(14-24-16-46-28-6-4-3-5-26(24)28)54-40(67)27(45)13-23-7-9-25(57)10-8-23)38(65)48-17-33(58)47-18-34(59)53-31(15-37(63)64)43(70)51-22(2)39(66)55-32(20-56)41(68)49-19-35(60)52-29(44(71)72)11-12-36(61)62/h3-10,16,21-22,27,29-32,46,56-57H,11-15,17-20,45H2,1-2H3,(H,47,58)(H,48,65)(H,49,68)(H,50,69)(H,51,70)(H,52,60)(H,53,59)(H,54,67)(H,55,66)(H,61,62)(H,63,64)(H,71,72)/t21-,22-,27-,29-,30-,31-,32-/m0/s1. The number of carboxylic acid groups (broad SMARTS) is 3. The van der Waals surface area contributed by atoms with E-state index in [4.69, 9.17) is 10.8 Å². The second kappa shape index (κ2) is 28.1. The Bertz CT molecular complexity index is 2480. The van der Waals surface area contributed by atoms with Crippen molar-refractivity contribution in [3.63, 3.8) is 0 Å². The molecule has 0 spiro atoms. The van der Waals surface area contributed by atoms with E-state index in [0.29, 0.717) is 11.1 Å². The molecule has 17 N–H and O–H groups in total. The van der Waals surface area contributed by atoms with Gasteiger partial charge in [0.15, 0.2) is 0 Å². The molecule has 0 aliphatic heterocycles. The van der Waals surface area contributed by atoms with E-state index in [0.717, 1.165) is 17.8 Å². The molecule has 7 atom stereocenters. The predicted octanol–water partition coefficient (Wildman–Crippen LogP) is -5.30. The minimum absolute atomic E-state index is 0.0201. The van der Waals surface area contributed by atoms with Crippen LogP contribution >= 0.6 is 0 Å². The first-order valence-electron chi connectivity index (χ1n) is 22.0. The minimum Gasteiger partial charge on any atom is -0.508 e. The Morgan fingerprint density at radius 1 is 0.569 bits per heavy atom. The van der Waals surface area contributed by atoms with Crippen LogP contribution in [-0.2, 0) is 70.4 Å². The summed E-state index contributed by atoms with van der Waals surface area (Å²) in [4.78, 5) is 152. The van der Waals surface area contributed by atoms with Crippen LogP contribution in [0.25, 0.3) is 10.9 Å². The summed E-state index contributed by atoms with van der Waals surface area (Å²) in [6.45, 7) is -1.04. The molecule has 0 radical (unpaired) electrons. The van der Waals surface area contributed by atoms with E-state index in [1.54, 1.807) is 24.4 Å². The van der Waals surface area contributed by atoms with Crippen molar-refractivity contribution in [2.24, 2.45) is 5.73 Å². The summed E-state index contributed by atoms with van der Waals surface area (Å²) < 4.78 is 0. The van der Waals surface area contributed by atoms with E-state index >= 15 is 0 Å². The quantitative estimate of drug-likeness (QED) is 0.0309. The monoisotopic (exact) mass is 1010 g/mol. The molecule has 0 bridgehead atoms. The molecule has 0 fully saturated rings. The van der Waals surface area contributed by atoms with Gasteiger partial charge in [0.2, 0.25) is 53.2 Å². The molecule has 2 aromatic carbocycles. The number of hydrogen-bond acceptors (Lipinski definition) is 15. The number of aromatic nitrogens is 1. The SMILES string of the molecule is C[C@H](NC(=O)[C@H](CC(=O)O)NC(=O)CNC(=O)CNC(=O)[C@H](C)NC(=O)[C@H](Cc1c[nH]c2ccccc12)NC(=O)[C@@H](N)Cc1ccc(O)cc1)C(=O)N[C@@H](CO)C(=O)NCC(=O)N[C@@H](CCC(=O)O)C(=O)O. The third-order valence-corrected chi connectivity index (χ3v) is 10.4. The number of rotatable bonds is 29. The molecule has 9 amide bonds. The number of phenols is 1. The van der Waals surface area contributed by atoms with E-state index in [1.807, 2.05) is 28.8 Å². The van der Waals surface area contributed by atoms with Gasteiger partial charge in [-0.15, -0.1) is 0 Å². The molecular formula is C44H57N11O17. The molecule has 1 aromatic heterocycles. The number of carbonyl (C=O) groups is 12. The number of H-pyrrole nitrogens is 1. The van der Waals surface area contributed by atoms with Gasteiger partial charge in [0, 0.05) is 29.9 Å². The van der Waals surface area contributed by atoms with Crippen LogP contribution in [0.4, 0.5) is 0 Å². The number of carbonyl (C=O) groups excluding carboxylic acids is 9.